The van der Waals surface area contributed by atoms with E-state index in [-0.39, 0.29) is 104 Å². The number of hydrazine groups is 2. The molecule has 132 heavy (non-hydrogen) atoms. The molecule has 44 nitrogen and oxygen atoms in total. The molecule has 8 saturated heterocycles. The summed E-state index contributed by atoms with van der Waals surface area (Å²) < 4.78 is 178. The highest BCUT2D eigenvalue weighted by molar-refractivity contribution is 5.77. The number of hydrogen-bond donors (Lipinski definition) is 5. The van der Waals surface area contributed by atoms with Crippen molar-refractivity contribution in [3.8, 4) is 0 Å². The molecular formula is C88H144N12O32. The zero-order valence-corrected chi connectivity index (χ0v) is 79.1. The van der Waals surface area contributed by atoms with Crippen molar-refractivity contribution in [1.82, 2.24) is 61.9 Å². The number of nitrogens with one attached hydrogen (secondary N) is 5. The maximum atomic E-state index is 14.2. The Bertz CT molecular complexity index is 3940. The van der Waals surface area contributed by atoms with Crippen LogP contribution >= 0.6 is 0 Å². The van der Waals surface area contributed by atoms with Gasteiger partial charge in [0.2, 0.25) is 5.91 Å². The fraction of sp³-hybridized carbons (Fsp3) is 0.830. The molecule has 0 saturated carbocycles. The number of amides is 3. The van der Waals surface area contributed by atoms with Crippen molar-refractivity contribution in [1.29, 1.82) is 0 Å². The Balaban J connectivity index is 0.555. The summed E-state index contributed by atoms with van der Waals surface area (Å²) in [6, 6.07) is 8.70. The van der Waals surface area contributed by atoms with Crippen LogP contribution in [0.15, 0.2) is 54.6 Å². The van der Waals surface area contributed by atoms with Gasteiger partial charge in [-0.15, -0.1) is 15.7 Å². The second-order valence-electron chi connectivity index (χ2n) is 37.4. The summed E-state index contributed by atoms with van der Waals surface area (Å²) in [7, 11) is 0. The molecule has 0 spiro atoms. The number of rotatable bonds is 63. The van der Waals surface area contributed by atoms with E-state index in [4.69, 9.17) is 137 Å². The van der Waals surface area contributed by atoms with E-state index in [9.17, 15) is 14.4 Å². The Kier molecular flexibility index (Phi) is 39.9. The Morgan fingerprint density at radius 1 is 0.477 bits per heavy atom. The molecule has 0 radical (unpaired) electrons. The predicted molar refractivity (Wildman–Crippen MR) is 461 cm³/mol. The third kappa shape index (κ3) is 33.5. The Morgan fingerprint density at radius 3 is 1.52 bits per heavy atom. The van der Waals surface area contributed by atoms with Gasteiger partial charge >= 0.3 is 12.2 Å². The molecule has 3 aromatic rings. The second-order valence-corrected chi connectivity index (χ2v) is 37.4. The average Bonchev–Trinajstić information content (AvgIpc) is 1.56. The van der Waals surface area contributed by atoms with Crippen molar-refractivity contribution in [2.45, 2.75) is 254 Å². The molecule has 1 aromatic carbocycles. The molecule has 9 aliphatic rings. The molecule has 8 fully saturated rings. The molecule has 5 N–H and O–H groups in total. The van der Waals surface area contributed by atoms with Crippen LogP contribution in [0.3, 0.4) is 0 Å². The molecule has 9 aliphatic heterocycles. The Morgan fingerprint density at radius 2 is 0.955 bits per heavy atom. The van der Waals surface area contributed by atoms with Crippen LogP contribution in [0.5, 0.6) is 0 Å². The van der Waals surface area contributed by atoms with Gasteiger partial charge < -0.3 is 159 Å². The highest BCUT2D eigenvalue weighted by Gasteiger charge is 2.67. The predicted octanol–water partition coefficient (Wildman–Crippen LogP) is 3.61. The lowest BCUT2D eigenvalue weighted by Gasteiger charge is -2.44. The summed E-state index contributed by atoms with van der Waals surface area (Å²) in [6.45, 7) is 34.8. The number of carbonyl (C=O) groups excluding carboxylic acids is 3. The summed E-state index contributed by atoms with van der Waals surface area (Å²) in [5, 5.41) is 28.3. The van der Waals surface area contributed by atoms with Crippen LogP contribution in [0.1, 0.15) is 126 Å². The van der Waals surface area contributed by atoms with Gasteiger partial charge in [0, 0.05) is 25.6 Å². The standard InChI is InChI=1S/C88H144N12O32/c1-80(2,3)131-78(102)89-67-54-122-85(13,75-72(67)125-83(9,10)128-75)55-114-43-40-110-37-34-107-31-28-104-25-21-98-47-64(92-95-98)51-117-56-86(91-69(101)20-17-24-113-50-63-18-15-14-16-19-63,57-118-52-65-48-99(96-93-65)22-26-105-29-32-108-35-38-111-41-44-115-59-87-61-120-70(124-87)46-68-74(87)127-82(7,8)123-68)58-119-53-66-49-100(97-94-66)23-27-106-30-33-109-36-39-112-42-45-116-60-88-62-121-77(130-88)71(90-79(103)132-81(4,5)6)73-76(88)129-84(11,12)126-73/h14-16,18-19,47-49,67-68,70-77,93,96H,17,20-46,50-62H2,1-13H3,(H,89,102)(H,90,103)(H,91,101)/t67-,68+,70-,71+,72+,73+,74+,75+,76+,77+,85+,86?,87-,88-/m0/s1. The fourth-order valence-electron chi connectivity index (χ4n) is 16.2. The molecule has 748 valence electrons. The summed E-state index contributed by atoms with van der Waals surface area (Å²) in [5.41, 5.74) is 4.05. The third-order valence-electron chi connectivity index (χ3n) is 22.0. The number of benzene rings is 1. The van der Waals surface area contributed by atoms with Crippen molar-refractivity contribution < 1.29 is 152 Å². The number of alkyl carbamates (subject to hydrolysis) is 2. The number of hydrogen-bond acceptors (Lipinski definition) is 39. The Hall–Kier alpha value is -6.27. The molecule has 3 amide bonds. The van der Waals surface area contributed by atoms with E-state index < -0.39 is 106 Å². The van der Waals surface area contributed by atoms with Gasteiger partial charge in [0.15, 0.2) is 29.9 Å². The van der Waals surface area contributed by atoms with E-state index in [1.807, 2.05) is 90.0 Å². The maximum Gasteiger partial charge on any atom is 0.408 e. The molecule has 0 aliphatic carbocycles. The zero-order valence-electron chi connectivity index (χ0n) is 79.1. The molecule has 2 aromatic heterocycles. The summed E-state index contributed by atoms with van der Waals surface area (Å²) in [5.74, 6) is -2.77. The second kappa shape index (κ2) is 50.4. The number of carbonyl (C=O) groups is 3. The summed E-state index contributed by atoms with van der Waals surface area (Å²) in [4.78, 5) is 39.6. The molecule has 14 atom stereocenters. The normalized spacial score (nSPS) is 27.1. The van der Waals surface area contributed by atoms with Crippen LogP contribution < -0.4 is 26.9 Å². The Labute approximate surface area is 772 Å². The maximum absolute atomic E-state index is 14.2. The zero-order chi connectivity index (χ0) is 93.6. The average molecular weight is 1880 g/mol. The van der Waals surface area contributed by atoms with Crippen molar-refractivity contribution in [3.05, 3.63) is 71.6 Å². The first-order valence-electron chi connectivity index (χ1n) is 46.0. The van der Waals surface area contributed by atoms with Gasteiger partial charge in [0.1, 0.15) is 81.5 Å². The monoisotopic (exact) mass is 1880 g/mol. The summed E-state index contributed by atoms with van der Waals surface area (Å²) in [6.07, 6.45) is 1.90. The van der Waals surface area contributed by atoms with Gasteiger partial charge in [-0.2, -0.15) is 0 Å². The van der Waals surface area contributed by atoms with E-state index in [0.29, 0.717) is 202 Å². The SMILES string of the molecule is CC(C)(C)OC(=O)N[C@H]1[C@@H]2OC[C@](COCCOCCOCCOCCn3cc(COCC(COCC4=CN(CCOCCOCCOCCOC[C@]56CO[C@H](C[C@H]7OC(C)(C)O[C@H]75)O6)NN4)(COCc4cn(CCOCCOCCOCCOC[C@@]5(C)OC[C@H](NC(=O)OC(C)(C)C)[C@H]6OC(C)(C)O[C@H]65)nn4)NC(=O)CCCOCc4ccccc4)nn3)(O2)[C@@H]2OC(C)(C)O[C@H]12. The van der Waals surface area contributed by atoms with Gasteiger partial charge in [-0.1, -0.05) is 40.8 Å². The smallest absolute Gasteiger partial charge is 0.408 e. The first-order chi connectivity index (χ1) is 63.3. The van der Waals surface area contributed by atoms with Crippen molar-refractivity contribution in [2.75, 3.05) is 218 Å². The van der Waals surface area contributed by atoms with E-state index in [2.05, 4.69) is 47.5 Å². The van der Waals surface area contributed by atoms with Crippen molar-refractivity contribution in [2.24, 2.45) is 0 Å². The van der Waals surface area contributed by atoms with Gasteiger partial charge in [0.05, 0.1) is 275 Å². The minimum absolute atomic E-state index is 0.0334. The van der Waals surface area contributed by atoms with Crippen molar-refractivity contribution >= 4 is 18.1 Å². The molecule has 1 unspecified atom stereocenters. The molecule has 11 heterocycles. The first-order valence-corrected chi connectivity index (χ1v) is 46.0. The van der Waals surface area contributed by atoms with Gasteiger partial charge in [0.25, 0.3) is 0 Å². The third-order valence-corrected chi connectivity index (χ3v) is 22.0. The quantitative estimate of drug-likeness (QED) is 0.0504. The molecule has 44 heteroatoms. The minimum Gasteiger partial charge on any atom is -0.444 e. The van der Waals surface area contributed by atoms with Crippen LogP contribution in [-0.4, -0.2) is 383 Å². The first kappa shape index (κ1) is 105. The van der Waals surface area contributed by atoms with E-state index >= 15 is 0 Å². The summed E-state index contributed by atoms with van der Waals surface area (Å²) >= 11 is 0. The number of nitrogens with zero attached hydrogens (tertiary/aromatic N) is 7. The van der Waals surface area contributed by atoms with Crippen LogP contribution in [-0.2, 0) is 175 Å². The number of ether oxygens (including phenoxy) is 29. The van der Waals surface area contributed by atoms with Gasteiger partial charge in [-0.25, -0.2) is 19.0 Å². The highest BCUT2D eigenvalue weighted by Crippen LogP contribution is 2.49. The van der Waals surface area contributed by atoms with Crippen LogP contribution in [0, 0.1) is 0 Å². The number of aromatic nitrogens is 6. The van der Waals surface area contributed by atoms with Gasteiger partial charge in [-0.3, -0.25) is 9.80 Å². The largest absolute Gasteiger partial charge is 0.444 e. The lowest BCUT2D eigenvalue weighted by molar-refractivity contribution is -0.213. The van der Waals surface area contributed by atoms with E-state index in [0.717, 1.165) is 11.3 Å². The van der Waals surface area contributed by atoms with E-state index in [1.165, 1.54) is 0 Å². The molecular weight excluding hydrogens is 1740 g/mol. The van der Waals surface area contributed by atoms with Crippen LogP contribution in [0.25, 0.3) is 0 Å². The number of fused-ring (bicyclic) bond motifs is 9. The fourth-order valence-corrected chi connectivity index (χ4v) is 16.2. The van der Waals surface area contributed by atoms with Crippen LogP contribution in [0.2, 0.25) is 0 Å². The van der Waals surface area contributed by atoms with E-state index in [1.54, 1.807) is 63.3 Å². The van der Waals surface area contributed by atoms with Gasteiger partial charge in [-0.05, 0) is 102 Å². The lowest BCUT2D eigenvalue weighted by atomic mass is 9.88. The highest BCUT2D eigenvalue weighted by atomic mass is 16.8. The molecule has 4 bridgehead atoms. The van der Waals surface area contributed by atoms with Crippen molar-refractivity contribution in [3.63, 3.8) is 0 Å². The minimum atomic E-state index is -1.25. The topological polar surface area (TPSA) is 444 Å². The van der Waals surface area contributed by atoms with Crippen LogP contribution in [0.4, 0.5) is 9.59 Å². The lowest BCUT2D eigenvalue weighted by Crippen LogP contribution is -2.65. The molecule has 12 rings (SSSR count).